The maximum Gasteiger partial charge on any atom is 0.243 e. The fourth-order valence-corrected chi connectivity index (χ4v) is 5.76. The van der Waals surface area contributed by atoms with E-state index in [9.17, 15) is 13.2 Å². The summed E-state index contributed by atoms with van der Waals surface area (Å²) in [6.07, 6.45) is 3.18. The van der Waals surface area contributed by atoms with Crippen LogP contribution in [0.2, 0.25) is 0 Å². The van der Waals surface area contributed by atoms with Crippen molar-refractivity contribution in [3.05, 3.63) is 70.5 Å². The Bertz CT molecular complexity index is 1080. The smallest absolute Gasteiger partial charge is 0.243 e. The Morgan fingerprint density at radius 1 is 0.966 bits per heavy atom. The van der Waals surface area contributed by atoms with Gasteiger partial charge < -0.3 is 0 Å². The van der Waals surface area contributed by atoms with Crippen LogP contribution in [0.3, 0.4) is 0 Å². The number of rotatable bonds is 6. The number of piperidine rings is 1. The molecule has 0 unspecified atom stereocenters. The minimum absolute atomic E-state index is 0.0365. The van der Waals surface area contributed by atoms with Crippen LogP contribution in [0.25, 0.3) is 11.3 Å². The molecular formula is C22H22N2O3S2. The standard InChI is InChI=1S/C22H22N2O3S2/c25-21(18-7-3-1-4-8-18)15-22-23-20(16-28-22)17-9-11-19(12-10-17)29(26,27)24-13-5-2-6-14-24/h1,3-4,7-12,16H,2,5-6,13-15H2. The predicted octanol–water partition coefficient (Wildman–Crippen LogP) is 4.41. The molecule has 0 atom stereocenters. The van der Waals surface area contributed by atoms with Crippen LogP contribution in [-0.2, 0) is 16.4 Å². The zero-order valence-corrected chi connectivity index (χ0v) is 17.6. The number of nitrogens with zero attached hydrogens (tertiary/aromatic N) is 2. The molecule has 1 fully saturated rings. The average molecular weight is 427 g/mol. The van der Waals surface area contributed by atoms with E-state index in [-0.39, 0.29) is 12.2 Å². The molecule has 2 aromatic carbocycles. The maximum absolute atomic E-state index is 12.8. The van der Waals surface area contributed by atoms with Crippen LogP contribution in [0, 0.1) is 0 Å². The van der Waals surface area contributed by atoms with Crippen molar-refractivity contribution >= 4 is 27.1 Å². The summed E-state index contributed by atoms with van der Waals surface area (Å²) in [5, 5.41) is 2.65. The van der Waals surface area contributed by atoms with Crippen LogP contribution in [-0.4, -0.2) is 36.6 Å². The van der Waals surface area contributed by atoms with Gasteiger partial charge in [-0.2, -0.15) is 4.31 Å². The van der Waals surface area contributed by atoms with E-state index >= 15 is 0 Å². The van der Waals surface area contributed by atoms with Crippen molar-refractivity contribution in [3.8, 4) is 11.3 Å². The predicted molar refractivity (Wildman–Crippen MR) is 115 cm³/mol. The van der Waals surface area contributed by atoms with Gasteiger partial charge in [-0.25, -0.2) is 13.4 Å². The summed E-state index contributed by atoms with van der Waals surface area (Å²) in [5.41, 5.74) is 2.28. The van der Waals surface area contributed by atoms with Crippen molar-refractivity contribution in [2.45, 2.75) is 30.6 Å². The summed E-state index contributed by atoms with van der Waals surface area (Å²) in [6.45, 7) is 1.18. The number of thiazole rings is 1. The van der Waals surface area contributed by atoms with Gasteiger partial charge in [0.05, 0.1) is 17.0 Å². The van der Waals surface area contributed by atoms with Gasteiger partial charge in [0.15, 0.2) is 5.78 Å². The highest BCUT2D eigenvalue weighted by molar-refractivity contribution is 7.89. The molecule has 0 radical (unpaired) electrons. The third-order valence-electron chi connectivity index (χ3n) is 5.06. The third-order valence-corrected chi connectivity index (χ3v) is 7.82. The van der Waals surface area contributed by atoms with Gasteiger partial charge in [0, 0.05) is 29.6 Å². The lowest BCUT2D eigenvalue weighted by Crippen LogP contribution is -2.35. The number of hydrogen-bond acceptors (Lipinski definition) is 5. The summed E-state index contributed by atoms with van der Waals surface area (Å²) in [7, 11) is -3.43. The molecule has 0 bridgehead atoms. The van der Waals surface area contributed by atoms with Crippen molar-refractivity contribution in [2.24, 2.45) is 0 Å². The SMILES string of the molecule is O=C(Cc1nc(-c2ccc(S(=O)(=O)N3CCCCC3)cc2)cs1)c1ccccc1. The van der Waals surface area contributed by atoms with Crippen molar-refractivity contribution in [2.75, 3.05) is 13.1 Å². The molecule has 0 spiro atoms. The second-order valence-electron chi connectivity index (χ2n) is 7.08. The Balaban J connectivity index is 1.48. The van der Waals surface area contributed by atoms with Crippen LogP contribution < -0.4 is 0 Å². The average Bonchev–Trinajstić information content (AvgIpc) is 3.23. The molecule has 1 aliphatic rings. The monoisotopic (exact) mass is 426 g/mol. The normalized spacial score (nSPS) is 15.3. The van der Waals surface area contributed by atoms with E-state index in [0.29, 0.717) is 23.5 Å². The molecule has 2 heterocycles. The van der Waals surface area contributed by atoms with E-state index < -0.39 is 10.0 Å². The lowest BCUT2D eigenvalue weighted by molar-refractivity contribution is 0.0993. The third kappa shape index (κ3) is 4.47. The molecule has 7 heteroatoms. The number of aromatic nitrogens is 1. The summed E-state index contributed by atoms with van der Waals surface area (Å²) in [5.74, 6) is 0.0365. The molecule has 1 aromatic heterocycles. The number of hydrogen-bond donors (Lipinski definition) is 0. The number of Topliss-reactive ketones (excluding diaryl/α,β-unsaturated/α-hetero) is 1. The fourth-order valence-electron chi connectivity index (χ4n) is 3.44. The molecule has 0 amide bonds. The summed E-state index contributed by atoms with van der Waals surface area (Å²) >= 11 is 1.44. The van der Waals surface area contributed by atoms with Crippen molar-refractivity contribution < 1.29 is 13.2 Å². The first kappa shape index (κ1) is 19.9. The van der Waals surface area contributed by atoms with E-state index in [2.05, 4.69) is 4.98 Å². The first-order valence-corrected chi connectivity index (χ1v) is 12.0. The molecule has 1 saturated heterocycles. The van der Waals surface area contributed by atoms with Gasteiger partial charge >= 0.3 is 0 Å². The Morgan fingerprint density at radius 2 is 1.66 bits per heavy atom. The summed E-state index contributed by atoms with van der Waals surface area (Å²) < 4.78 is 27.1. The lowest BCUT2D eigenvalue weighted by atomic mass is 10.1. The van der Waals surface area contributed by atoms with Crippen LogP contribution in [0.5, 0.6) is 0 Å². The molecule has 5 nitrogen and oxygen atoms in total. The van der Waals surface area contributed by atoms with Gasteiger partial charge in [0.1, 0.15) is 5.01 Å². The highest BCUT2D eigenvalue weighted by Gasteiger charge is 2.25. The van der Waals surface area contributed by atoms with Gasteiger partial charge in [-0.1, -0.05) is 48.9 Å². The Kier molecular flexibility index (Phi) is 5.89. The molecule has 0 saturated carbocycles. The Morgan fingerprint density at radius 3 is 2.34 bits per heavy atom. The van der Waals surface area contributed by atoms with Crippen molar-refractivity contribution in [3.63, 3.8) is 0 Å². The highest BCUT2D eigenvalue weighted by Crippen LogP contribution is 2.26. The highest BCUT2D eigenvalue weighted by atomic mass is 32.2. The van der Waals surface area contributed by atoms with Gasteiger partial charge in [0.2, 0.25) is 10.0 Å². The Hall–Kier alpha value is -2.35. The topological polar surface area (TPSA) is 67.3 Å². The Labute approximate surface area is 175 Å². The second kappa shape index (κ2) is 8.57. The molecule has 1 aliphatic heterocycles. The number of carbonyl (C=O) groups is 1. The molecular weight excluding hydrogens is 404 g/mol. The quantitative estimate of drug-likeness (QED) is 0.548. The van der Waals surface area contributed by atoms with Gasteiger partial charge in [0.25, 0.3) is 0 Å². The second-order valence-corrected chi connectivity index (χ2v) is 9.96. The minimum Gasteiger partial charge on any atom is -0.294 e. The van der Waals surface area contributed by atoms with Crippen LogP contribution in [0.4, 0.5) is 0 Å². The minimum atomic E-state index is -3.43. The zero-order valence-electron chi connectivity index (χ0n) is 16.0. The number of benzene rings is 2. The maximum atomic E-state index is 12.8. The van der Waals surface area contributed by atoms with Crippen molar-refractivity contribution in [1.29, 1.82) is 0 Å². The molecule has 4 rings (SSSR count). The van der Waals surface area contributed by atoms with Gasteiger partial charge in [-0.15, -0.1) is 11.3 Å². The van der Waals surface area contributed by atoms with Crippen LogP contribution >= 0.6 is 11.3 Å². The van der Waals surface area contributed by atoms with E-state index in [1.165, 1.54) is 11.3 Å². The number of sulfonamides is 1. The van der Waals surface area contributed by atoms with E-state index in [4.69, 9.17) is 0 Å². The first-order valence-electron chi connectivity index (χ1n) is 9.67. The first-order chi connectivity index (χ1) is 14.0. The van der Waals surface area contributed by atoms with Gasteiger partial charge in [-0.3, -0.25) is 4.79 Å². The zero-order chi connectivity index (χ0) is 20.3. The van der Waals surface area contributed by atoms with E-state index in [1.807, 2.05) is 23.6 Å². The summed E-state index contributed by atoms with van der Waals surface area (Å²) in [6, 6.07) is 16.0. The largest absolute Gasteiger partial charge is 0.294 e. The molecule has 3 aromatic rings. The lowest BCUT2D eigenvalue weighted by Gasteiger charge is -2.25. The molecule has 150 valence electrons. The fraction of sp³-hybridized carbons (Fsp3) is 0.273. The number of ketones is 1. The molecule has 0 aliphatic carbocycles. The van der Waals surface area contributed by atoms with Crippen LogP contribution in [0.15, 0.2) is 64.9 Å². The molecule has 0 N–H and O–H groups in total. The molecule has 29 heavy (non-hydrogen) atoms. The van der Waals surface area contributed by atoms with Crippen LogP contribution in [0.1, 0.15) is 34.6 Å². The van der Waals surface area contributed by atoms with E-state index in [0.717, 1.165) is 35.5 Å². The number of carbonyl (C=O) groups excluding carboxylic acids is 1. The summed E-state index contributed by atoms with van der Waals surface area (Å²) in [4.78, 5) is 17.2. The van der Waals surface area contributed by atoms with E-state index in [1.54, 1.807) is 40.7 Å². The van der Waals surface area contributed by atoms with Crippen molar-refractivity contribution in [1.82, 2.24) is 9.29 Å². The van der Waals surface area contributed by atoms with Gasteiger partial charge in [-0.05, 0) is 25.0 Å².